The Bertz CT molecular complexity index is 755. The Morgan fingerprint density at radius 2 is 1.96 bits per heavy atom. The van der Waals surface area contributed by atoms with Crippen LogP contribution in [0, 0.1) is 0 Å². The SMILES string of the molecule is C[C@@H](Sc1nnc(-c2ccccc2Cl)n1C1CCCC1)C(=O)N(C)C. The highest BCUT2D eigenvalue weighted by Crippen LogP contribution is 2.39. The minimum Gasteiger partial charge on any atom is -0.348 e. The number of hydrogen-bond acceptors (Lipinski definition) is 4. The molecule has 1 aliphatic carbocycles. The van der Waals surface area contributed by atoms with Gasteiger partial charge in [0.1, 0.15) is 0 Å². The van der Waals surface area contributed by atoms with E-state index in [9.17, 15) is 4.79 Å². The van der Waals surface area contributed by atoms with Crippen molar-refractivity contribution >= 4 is 29.3 Å². The maximum Gasteiger partial charge on any atom is 0.235 e. The highest BCUT2D eigenvalue weighted by atomic mass is 35.5. The summed E-state index contributed by atoms with van der Waals surface area (Å²) in [4.78, 5) is 13.9. The van der Waals surface area contributed by atoms with Gasteiger partial charge in [-0.15, -0.1) is 10.2 Å². The Balaban J connectivity index is 1.99. The van der Waals surface area contributed by atoms with Gasteiger partial charge < -0.3 is 4.90 Å². The number of rotatable bonds is 5. The smallest absolute Gasteiger partial charge is 0.235 e. The lowest BCUT2D eigenvalue weighted by atomic mass is 10.2. The summed E-state index contributed by atoms with van der Waals surface area (Å²) < 4.78 is 2.19. The van der Waals surface area contributed by atoms with Crippen molar-refractivity contribution in [3.8, 4) is 11.4 Å². The van der Waals surface area contributed by atoms with Crippen LogP contribution in [0.5, 0.6) is 0 Å². The van der Waals surface area contributed by atoms with Crippen molar-refractivity contribution in [2.24, 2.45) is 0 Å². The van der Waals surface area contributed by atoms with Gasteiger partial charge in [0.05, 0.1) is 10.3 Å². The molecule has 0 radical (unpaired) electrons. The Labute approximate surface area is 157 Å². The first kappa shape index (κ1) is 18.3. The fourth-order valence-corrected chi connectivity index (χ4v) is 4.53. The normalized spacial score (nSPS) is 16.2. The quantitative estimate of drug-likeness (QED) is 0.728. The number of carbonyl (C=O) groups excluding carboxylic acids is 1. The molecule has 25 heavy (non-hydrogen) atoms. The first-order valence-corrected chi connectivity index (χ1v) is 9.82. The first-order valence-electron chi connectivity index (χ1n) is 8.56. The molecule has 0 spiro atoms. The zero-order chi connectivity index (χ0) is 18.0. The van der Waals surface area contributed by atoms with Gasteiger partial charge in [-0.3, -0.25) is 9.36 Å². The van der Waals surface area contributed by atoms with Crippen LogP contribution < -0.4 is 0 Å². The zero-order valence-corrected chi connectivity index (χ0v) is 16.3. The van der Waals surface area contributed by atoms with Crippen LogP contribution in [-0.4, -0.2) is 44.9 Å². The molecule has 0 bridgehead atoms. The maximum absolute atomic E-state index is 12.2. The lowest BCUT2D eigenvalue weighted by molar-refractivity contribution is -0.127. The predicted molar refractivity (Wildman–Crippen MR) is 102 cm³/mol. The van der Waals surface area contributed by atoms with E-state index in [1.54, 1.807) is 19.0 Å². The van der Waals surface area contributed by atoms with Crippen LogP contribution in [0.25, 0.3) is 11.4 Å². The molecule has 3 rings (SSSR count). The van der Waals surface area contributed by atoms with Gasteiger partial charge in [-0.1, -0.05) is 48.3 Å². The topological polar surface area (TPSA) is 51.0 Å². The minimum atomic E-state index is -0.210. The fraction of sp³-hybridized carbons (Fsp3) is 0.500. The third-order valence-electron chi connectivity index (χ3n) is 4.54. The summed E-state index contributed by atoms with van der Waals surface area (Å²) in [5, 5.41) is 10.1. The number of halogens is 1. The summed E-state index contributed by atoms with van der Waals surface area (Å²) in [6.07, 6.45) is 4.64. The van der Waals surface area contributed by atoms with Gasteiger partial charge in [0.25, 0.3) is 0 Å². The number of hydrogen-bond donors (Lipinski definition) is 0. The van der Waals surface area contributed by atoms with Crippen molar-refractivity contribution < 1.29 is 4.79 Å². The monoisotopic (exact) mass is 378 g/mol. The molecule has 5 nitrogen and oxygen atoms in total. The second-order valence-electron chi connectivity index (χ2n) is 6.59. The summed E-state index contributed by atoms with van der Waals surface area (Å²) >= 11 is 7.87. The van der Waals surface area contributed by atoms with Crippen molar-refractivity contribution in [1.29, 1.82) is 0 Å². The van der Waals surface area contributed by atoms with Crippen molar-refractivity contribution in [1.82, 2.24) is 19.7 Å². The van der Waals surface area contributed by atoms with Gasteiger partial charge in [-0.05, 0) is 31.9 Å². The van der Waals surface area contributed by atoms with E-state index < -0.39 is 0 Å². The number of nitrogens with zero attached hydrogens (tertiary/aromatic N) is 4. The summed E-state index contributed by atoms with van der Waals surface area (Å²) in [5.74, 6) is 0.870. The summed E-state index contributed by atoms with van der Waals surface area (Å²) in [6, 6.07) is 8.08. The number of amides is 1. The first-order chi connectivity index (χ1) is 12.0. The predicted octanol–water partition coefficient (Wildman–Crippen LogP) is 4.28. The van der Waals surface area contributed by atoms with E-state index in [1.165, 1.54) is 24.6 Å². The van der Waals surface area contributed by atoms with E-state index >= 15 is 0 Å². The Hall–Kier alpha value is -1.53. The molecule has 1 heterocycles. The van der Waals surface area contributed by atoms with Crippen molar-refractivity contribution in [3.63, 3.8) is 0 Å². The molecule has 1 aliphatic rings. The molecule has 0 unspecified atom stereocenters. The van der Waals surface area contributed by atoms with Crippen molar-refractivity contribution in [2.75, 3.05) is 14.1 Å². The number of thioether (sulfide) groups is 1. The van der Waals surface area contributed by atoms with Crippen LogP contribution in [0.4, 0.5) is 0 Å². The molecule has 7 heteroatoms. The van der Waals surface area contributed by atoms with E-state index in [4.69, 9.17) is 11.6 Å². The fourth-order valence-electron chi connectivity index (χ4n) is 3.25. The molecule has 1 aromatic heterocycles. The maximum atomic E-state index is 12.2. The van der Waals surface area contributed by atoms with E-state index in [0.29, 0.717) is 11.1 Å². The Morgan fingerprint density at radius 1 is 1.28 bits per heavy atom. The molecule has 0 aliphatic heterocycles. The Kier molecular flexibility index (Phi) is 5.69. The highest BCUT2D eigenvalue weighted by Gasteiger charge is 2.28. The van der Waals surface area contributed by atoms with E-state index in [1.807, 2.05) is 31.2 Å². The largest absolute Gasteiger partial charge is 0.348 e. The average Bonchev–Trinajstić information content (AvgIpc) is 3.23. The molecule has 1 saturated carbocycles. The van der Waals surface area contributed by atoms with E-state index in [-0.39, 0.29) is 11.2 Å². The number of benzene rings is 1. The molecule has 0 N–H and O–H groups in total. The van der Waals surface area contributed by atoms with Gasteiger partial charge in [-0.25, -0.2) is 0 Å². The number of carbonyl (C=O) groups is 1. The summed E-state index contributed by atoms with van der Waals surface area (Å²) in [7, 11) is 3.55. The van der Waals surface area contributed by atoms with Crippen LogP contribution in [-0.2, 0) is 4.79 Å². The van der Waals surface area contributed by atoms with Gasteiger partial charge in [0, 0.05) is 25.7 Å². The molecule has 1 aromatic carbocycles. The molecule has 0 saturated heterocycles. The summed E-state index contributed by atoms with van der Waals surface area (Å²) in [6.45, 7) is 1.91. The van der Waals surface area contributed by atoms with Crippen LogP contribution in [0.3, 0.4) is 0 Å². The third-order valence-corrected chi connectivity index (χ3v) is 5.91. The van der Waals surface area contributed by atoms with Crippen molar-refractivity contribution in [2.45, 2.75) is 49.1 Å². The Morgan fingerprint density at radius 3 is 2.60 bits per heavy atom. The van der Waals surface area contributed by atoms with Gasteiger partial charge in [0.15, 0.2) is 11.0 Å². The second kappa shape index (κ2) is 7.79. The molecule has 1 atom stereocenters. The number of aromatic nitrogens is 3. The molecule has 134 valence electrons. The second-order valence-corrected chi connectivity index (χ2v) is 8.30. The van der Waals surface area contributed by atoms with Crippen LogP contribution in [0.15, 0.2) is 29.4 Å². The van der Waals surface area contributed by atoms with Gasteiger partial charge in [-0.2, -0.15) is 0 Å². The lowest BCUT2D eigenvalue weighted by Gasteiger charge is -2.20. The third kappa shape index (κ3) is 3.85. The lowest BCUT2D eigenvalue weighted by Crippen LogP contribution is -2.30. The molecular formula is C18H23ClN4OS. The van der Waals surface area contributed by atoms with Crippen LogP contribution in [0.1, 0.15) is 38.6 Å². The summed E-state index contributed by atoms with van der Waals surface area (Å²) in [5.41, 5.74) is 0.891. The highest BCUT2D eigenvalue weighted by molar-refractivity contribution is 8.00. The standard InChI is InChI=1S/C18H23ClN4OS/c1-12(17(24)22(2)3)25-18-21-20-16(14-10-6-7-11-15(14)19)23(18)13-8-4-5-9-13/h6-7,10-13H,4-5,8-9H2,1-3H3/t12-/m1/s1. The van der Waals surface area contributed by atoms with Crippen molar-refractivity contribution in [3.05, 3.63) is 29.3 Å². The molecule has 1 fully saturated rings. The molecular weight excluding hydrogens is 356 g/mol. The molecule has 2 aromatic rings. The van der Waals surface area contributed by atoms with Crippen LogP contribution in [0.2, 0.25) is 5.02 Å². The van der Waals surface area contributed by atoms with E-state index in [2.05, 4.69) is 14.8 Å². The average molecular weight is 379 g/mol. The van der Waals surface area contributed by atoms with Crippen LogP contribution >= 0.6 is 23.4 Å². The van der Waals surface area contributed by atoms with Gasteiger partial charge >= 0.3 is 0 Å². The minimum absolute atomic E-state index is 0.0743. The van der Waals surface area contributed by atoms with Gasteiger partial charge in [0.2, 0.25) is 5.91 Å². The molecule has 1 amide bonds. The zero-order valence-electron chi connectivity index (χ0n) is 14.8. The van der Waals surface area contributed by atoms with E-state index in [0.717, 1.165) is 29.4 Å².